The van der Waals surface area contributed by atoms with Crippen LogP contribution in [-0.2, 0) is 11.3 Å². The maximum atomic E-state index is 12.7. The molecule has 0 atom stereocenters. The summed E-state index contributed by atoms with van der Waals surface area (Å²) in [4.78, 5) is 27.4. The summed E-state index contributed by atoms with van der Waals surface area (Å²) in [5, 5.41) is 10.3. The second-order valence-corrected chi connectivity index (χ2v) is 7.19. The molecule has 0 aromatic heterocycles. The molecule has 1 N–H and O–H groups in total. The second kappa shape index (κ2) is 8.41. The van der Waals surface area contributed by atoms with Crippen LogP contribution in [0.4, 0.5) is 5.69 Å². The van der Waals surface area contributed by atoms with Crippen LogP contribution in [0, 0.1) is 0 Å². The van der Waals surface area contributed by atoms with Gasteiger partial charge in [-0.25, -0.2) is 4.79 Å². The predicted molar refractivity (Wildman–Crippen MR) is 106 cm³/mol. The number of fused-ring (bicyclic) bond motifs is 1. The van der Waals surface area contributed by atoms with Crippen LogP contribution < -0.4 is 4.90 Å². The highest BCUT2D eigenvalue weighted by molar-refractivity contribution is 8.03. The minimum atomic E-state index is -0.428. The molecule has 6 heteroatoms. The molecule has 0 radical (unpaired) electrons. The summed E-state index contributed by atoms with van der Waals surface area (Å²) in [5.74, 6) is -0.548. The number of methoxy groups -OCH3 is 1. The molecular weight excluding hydrogens is 362 g/mol. The third-order valence-electron chi connectivity index (χ3n) is 4.27. The summed E-state index contributed by atoms with van der Waals surface area (Å²) < 4.78 is 4.68. The molecule has 0 fully saturated rings. The minimum absolute atomic E-state index is 0.0115. The number of aliphatic hydroxyl groups excluding tert-OH is 1. The molecule has 1 aliphatic heterocycles. The van der Waals surface area contributed by atoms with Crippen LogP contribution in [0.15, 0.2) is 58.5 Å². The normalized spacial score (nSPS) is 14.3. The first kappa shape index (κ1) is 19.2. The van der Waals surface area contributed by atoms with Crippen molar-refractivity contribution in [3.05, 3.63) is 70.3 Å². The number of ketones is 1. The Labute approximate surface area is 162 Å². The monoisotopic (exact) mass is 383 g/mol. The van der Waals surface area contributed by atoms with Gasteiger partial charge >= 0.3 is 5.97 Å². The van der Waals surface area contributed by atoms with Crippen molar-refractivity contribution in [1.82, 2.24) is 0 Å². The van der Waals surface area contributed by atoms with Crippen molar-refractivity contribution < 1.29 is 19.4 Å². The molecule has 140 valence electrons. The third kappa shape index (κ3) is 4.07. The molecule has 0 unspecified atom stereocenters. The minimum Gasteiger partial charge on any atom is -0.465 e. The number of nitrogens with zero attached hydrogens (tertiary/aromatic N) is 1. The Hall–Kier alpha value is -2.57. The number of rotatable bonds is 6. The van der Waals surface area contributed by atoms with Gasteiger partial charge in [0.25, 0.3) is 0 Å². The Kier molecular flexibility index (Phi) is 5.98. The first-order chi connectivity index (χ1) is 13.1. The van der Waals surface area contributed by atoms with Crippen LogP contribution in [-0.4, -0.2) is 30.5 Å². The van der Waals surface area contributed by atoms with Gasteiger partial charge in [-0.05, 0) is 36.2 Å². The lowest BCUT2D eigenvalue weighted by molar-refractivity contribution is 0.0600. The number of carbonyl (C=O) groups excluding carboxylic acids is 2. The van der Waals surface area contributed by atoms with Crippen molar-refractivity contribution >= 4 is 29.2 Å². The molecule has 2 aromatic carbocycles. The number of esters is 1. The smallest absolute Gasteiger partial charge is 0.337 e. The number of anilines is 1. The third-order valence-corrected chi connectivity index (χ3v) is 5.38. The zero-order valence-corrected chi connectivity index (χ0v) is 16.1. The SMILES string of the molecule is CCCN1/C(=C\C(=O)c2ccc(C(=O)OC)cc2)Sc2ccc(CO)cc21. The van der Waals surface area contributed by atoms with E-state index >= 15 is 0 Å². The van der Waals surface area contributed by atoms with Crippen molar-refractivity contribution in [2.24, 2.45) is 0 Å². The fraction of sp³-hybridized carbons (Fsp3) is 0.238. The van der Waals surface area contributed by atoms with E-state index in [1.807, 2.05) is 18.2 Å². The molecule has 0 saturated heterocycles. The van der Waals surface area contributed by atoms with Gasteiger partial charge in [0, 0.05) is 23.1 Å². The van der Waals surface area contributed by atoms with Crippen LogP contribution in [0.1, 0.15) is 39.6 Å². The van der Waals surface area contributed by atoms with Gasteiger partial charge in [-0.15, -0.1) is 0 Å². The van der Waals surface area contributed by atoms with E-state index in [1.165, 1.54) is 7.11 Å². The molecule has 1 aliphatic rings. The molecule has 27 heavy (non-hydrogen) atoms. The van der Waals surface area contributed by atoms with Gasteiger partial charge in [-0.2, -0.15) is 0 Å². The Morgan fingerprint density at radius 1 is 1.15 bits per heavy atom. The van der Waals surface area contributed by atoms with Crippen molar-refractivity contribution in [2.75, 3.05) is 18.6 Å². The van der Waals surface area contributed by atoms with Gasteiger partial charge in [-0.1, -0.05) is 36.9 Å². The van der Waals surface area contributed by atoms with E-state index in [1.54, 1.807) is 42.1 Å². The fourth-order valence-electron chi connectivity index (χ4n) is 2.89. The molecule has 0 bridgehead atoms. The number of benzene rings is 2. The lowest BCUT2D eigenvalue weighted by Gasteiger charge is -2.20. The second-order valence-electron chi connectivity index (χ2n) is 6.13. The Morgan fingerprint density at radius 2 is 1.85 bits per heavy atom. The van der Waals surface area contributed by atoms with E-state index in [0.717, 1.165) is 34.1 Å². The lowest BCUT2D eigenvalue weighted by Crippen LogP contribution is -2.19. The summed E-state index contributed by atoms with van der Waals surface area (Å²) in [6.45, 7) is 2.86. The van der Waals surface area contributed by atoms with Gasteiger partial charge in [0.15, 0.2) is 5.78 Å². The molecule has 5 nitrogen and oxygen atoms in total. The first-order valence-corrected chi connectivity index (χ1v) is 9.52. The Morgan fingerprint density at radius 3 is 2.48 bits per heavy atom. The topological polar surface area (TPSA) is 66.8 Å². The largest absolute Gasteiger partial charge is 0.465 e. The molecule has 2 aromatic rings. The van der Waals surface area contributed by atoms with Gasteiger partial charge in [0.05, 0.1) is 30.0 Å². The van der Waals surface area contributed by atoms with Gasteiger partial charge in [0.2, 0.25) is 0 Å². The summed E-state index contributed by atoms with van der Waals surface area (Å²) in [5.41, 5.74) is 2.79. The number of carbonyl (C=O) groups is 2. The Balaban J connectivity index is 1.87. The highest BCUT2D eigenvalue weighted by atomic mass is 32.2. The lowest BCUT2D eigenvalue weighted by atomic mass is 10.1. The van der Waals surface area contributed by atoms with E-state index in [2.05, 4.69) is 16.6 Å². The molecule has 0 saturated carbocycles. The van der Waals surface area contributed by atoms with E-state index in [-0.39, 0.29) is 12.4 Å². The van der Waals surface area contributed by atoms with Crippen LogP contribution in [0.25, 0.3) is 0 Å². The van der Waals surface area contributed by atoms with Crippen molar-refractivity contribution in [3.8, 4) is 0 Å². The molecular formula is C21H21NO4S. The molecule has 1 heterocycles. The molecule has 0 aliphatic carbocycles. The predicted octanol–water partition coefficient (Wildman–Crippen LogP) is 4.01. The van der Waals surface area contributed by atoms with Crippen LogP contribution >= 0.6 is 11.8 Å². The van der Waals surface area contributed by atoms with Gasteiger partial charge in [-0.3, -0.25) is 4.79 Å². The van der Waals surface area contributed by atoms with Crippen LogP contribution in [0.5, 0.6) is 0 Å². The number of allylic oxidation sites excluding steroid dienone is 1. The average Bonchev–Trinajstić information content (AvgIpc) is 3.04. The molecule has 0 spiro atoms. The number of aliphatic hydroxyl groups is 1. The maximum Gasteiger partial charge on any atom is 0.337 e. The highest BCUT2D eigenvalue weighted by Gasteiger charge is 2.25. The van der Waals surface area contributed by atoms with Gasteiger partial charge in [0.1, 0.15) is 0 Å². The van der Waals surface area contributed by atoms with Crippen molar-refractivity contribution in [1.29, 1.82) is 0 Å². The average molecular weight is 383 g/mol. The molecule has 3 rings (SSSR count). The highest BCUT2D eigenvalue weighted by Crippen LogP contribution is 2.46. The van der Waals surface area contributed by atoms with E-state index < -0.39 is 5.97 Å². The van der Waals surface area contributed by atoms with E-state index in [9.17, 15) is 14.7 Å². The quantitative estimate of drug-likeness (QED) is 0.462. The summed E-state index contributed by atoms with van der Waals surface area (Å²) in [6.07, 6.45) is 2.56. The van der Waals surface area contributed by atoms with E-state index in [4.69, 9.17) is 0 Å². The number of ether oxygens (including phenoxy) is 1. The zero-order valence-electron chi connectivity index (χ0n) is 15.3. The van der Waals surface area contributed by atoms with Crippen LogP contribution in [0.3, 0.4) is 0 Å². The summed E-state index contributed by atoms with van der Waals surface area (Å²) >= 11 is 1.55. The van der Waals surface area contributed by atoms with Crippen LogP contribution in [0.2, 0.25) is 0 Å². The summed E-state index contributed by atoms with van der Waals surface area (Å²) in [6, 6.07) is 12.3. The number of hydrogen-bond acceptors (Lipinski definition) is 6. The standard InChI is InChI=1S/C21H21NO4S/c1-3-10-22-17-11-14(13-23)4-9-19(17)27-20(22)12-18(24)15-5-7-16(8-6-15)21(25)26-2/h4-9,11-12,23H,3,10,13H2,1-2H3/b20-12+. The Bertz CT molecular complexity index is 890. The number of hydrogen-bond donors (Lipinski definition) is 1. The number of thioether (sulfide) groups is 1. The summed E-state index contributed by atoms with van der Waals surface area (Å²) in [7, 11) is 1.32. The van der Waals surface area contributed by atoms with Crippen molar-refractivity contribution in [2.45, 2.75) is 24.8 Å². The van der Waals surface area contributed by atoms with Gasteiger partial charge < -0.3 is 14.7 Å². The molecule has 0 amide bonds. The maximum absolute atomic E-state index is 12.7. The van der Waals surface area contributed by atoms with Crippen molar-refractivity contribution in [3.63, 3.8) is 0 Å². The first-order valence-electron chi connectivity index (χ1n) is 8.71. The zero-order chi connectivity index (χ0) is 19.4. The fourth-order valence-corrected chi connectivity index (χ4v) is 3.99. The van der Waals surface area contributed by atoms with E-state index in [0.29, 0.717) is 11.1 Å².